The van der Waals surface area contributed by atoms with Crippen molar-refractivity contribution in [2.24, 2.45) is 0 Å². The third-order valence-corrected chi connectivity index (χ3v) is 5.26. The van der Waals surface area contributed by atoms with Crippen LogP contribution in [0.2, 0.25) is 0 Å². The molecule has 0 amide bonds. The molecule has 2 aromatic rings. The van der Waals surface area contributed by atoms with E-state index in [1.165, 1.54) is 18.4 Å². The Bertz CT molecular complexity index is 647. The van der Waals surface area contributed by atoms with E-state index < -0.39 is 0 Å². The maximum absolute atomic E-state index is 4.61. The quantitative estimate of drug-likeness (QED) is 0.835. The zero-order valence-corrected chi connectivity index (χ0v) is 15.0. The van der Waals surface area contributed by atoms with Crippen molar-refractivity contribution in [3.63, 3.8) is 0 Å². The van der Waals surface area contributed by atoms with Crippen LogP contribution >= 0.6 is 0 Å². The van der Waals surface area contributed by atoms with Gasteiger partial charge < -0.3 is 9.80 Å². The van der Waals surface area contributed by atoms with Gasteiger partial charge in [-0.1, -0.05) is 0 Å². The van der Waals surface area contributed by atoms with Crippen molar-refractivity contribution in [2.75, 3.05) is 51.2 Å². The molecule has 134 valence electrons. The molecule has 4 heterocycles. The maximum atomic E-state index is 4.61. The predicted molar refractivity (Wildman–Crippen MR) is 97.5 cm³/mol. The summed E-state index contributed by atoms with van der Waals surface area (Å²) in [5.41, 5.74) is 1.19. The molecule has 0 saturated carbocycles. The SMILES string of the molecule is CN1CCN(c2ncc(CN3CCCC(n4cccn4)C3)cn2)CC1. The molecule has 0 spiro atoms. The molecule has 0 radical (unpaired) electrons. The summed E-state index contributed by atoms with van der Waals surface area (Å²) in [6.07, 6.45) is 10.4. The van der Waals surface area contributed by atoms with Crippen LogP contribution in [0.4, 0.5) is 5.95 Å². The van der Waals surface area contributed by atoms with Gasteiger partial charge in [-0.2, -0.15) is 5.10 Å². The van der Waals surface area contributed by atoms with Gasteiger partial charge in [-0.3, -0.25) is 9.58 Å². The van der Waals surface area contributed by atoms with E-state index in [9.17, 15) is 0 Å². The number of likely N-dealkylation sites (tertiary alicyclic amines) is 1. The Morgan fingerprint density at radius 2 is 1.88 bits per heavy atom. The Morgan fingerprint density at radius 1 is 1.08 bits per heavy atom. The molecule has 0 aliphatic carbocycles. The van der Waals surface area contributed by atoms with Crippen molar-refractivity contribution in [3.8, 4) is 0 Å². The molecular formula is C18H27N7. The highest BCUT2D eigenvalue weighted by Crippen LogP contribution is 2.22. The Hall–Kier alpha value is -1.99. The molecule has 2 aromatic heterocycles. The normalized spacial score (nSPS) is 23.1. The highest BCUT2D eigenvalue weighted by molar-refractivity contribution is 5.30. The lowest BCUT2D eigenvalue weighted by atomic mass is 10.1. The average molecular weight is 341 g/mol. The number of nitrogens with zero attached hydrogens (tertiary/aromatic N) is 7. The van der Waals surface area contributed by atoms with Gasteiger partial charge in [-0.25, -0.2) is 9.97 Å². The fourth-order valence-electron chi connectivity index (χ4n) is 3.74. The van der Waals surface area contributed by atoms with Crippen molar-refractivity contribution in [2.45, 2.75) is 25.4 Å². The summed E-state index contributed by atoms with van der Waals surface area (Å²) in [7, 11) is 2.16. The number of piperazine rings is 1. The van der Waals surface area contributed by atoms with Gasteiger partial charge in [-0.05, 0) is 32.5 Å². The molecule has 25 heavy (non-hydrogen) atoms. The summed E-state index contributed by atoms with van der Waals surface area (Å²) in [6, 6.07) is 2.48. The van der Waals surface area contributed by atoms with Gasteiger partial charge >= 0.3 is 0 Å². The summed E-state index contributed by atoms with van der Waals surface area (Å²) in [6.45, 7) is 7.27. The molecule has 7 nitrogen and oxygen atoms in total. The fraction of sp³-hybridized carbons (Fsp3) is 0.611. The molecule has 1 atom stereocenters. The van der Waals surface area contributed by atoms with E-state index in [4.69, 9.17) is 0 Å². The minimum atomic E-state index is 0.481. The third kappa shape index (κ3) is 3.99. The summed E-state index contributed by atoms with van der Waals surface area (Å²) < 4.78 is 2.10. The number of anilines is 1. The molecule has 0 N–H and O–H groups in total. The summed E-state index contributed by atoms with van der Waals surface area (Å²) in [4.78, 5) is 16.3. The van der Waals surface area contributed by atoms with Crippen LogP contribution in [0.5, 0.6) is 0 Å². The third-order valence-electron chi connectivity index (χ3n) is 5.26. The van der Waals surface area contributed by atoms with Gasteiger partial charge in [0.05, 0.1) is 6.04 Å². The standard InChI is InChI=1S/C18H27N7/c1-22-8-10-24(11-9-22)18-19-12-16(13-20-18)14-23-6-2-4-17(15-23)25-7-3-5-21-25/h3,5,7,12-13,17H,2,4,6,8-11,14-15H2,1H3. The second-order valence-corrected chi connectivity index (χ2v) is 7.20. The lowest BCUT2D eigenvalue weighted by Crippen LogP contribution is -2.45. The van der Waals surface area contributed by atoms with E-state index in [1.807, 2.05) is 24.7 Å². The van der Waals surface area contributed by atoms with Crippen LogP contribution in [-0.2, 0) is 6.54 Å². The first-order chi connectivity index (χ1) is 12.3. The van der Waals surface area contributed by atoms with Crippen molar-refractivity contribution >= 4 is 5.95 Å². The lowest BCUT2D eigenvalue weighted by Gasteiger charge is -2.33. The van der Waals surface area contributed by atoms with E-state index in [2.05, 4.69) is 47.7 Å². The smallest absolute Gasteiger partial charge is 0.225 e. The van der Waals surface area contributed by atoms with Crippen LogP contribution in [0.3, 0.4) is 0 Å². The van der Waals surface area contributed by atoms with E-state index in [0.29, 0.717) is 6.04 Å². The van der Waals surface area contributed by atoms with Gasteiger partial charge in [0, 0.05) is 69.6 Å². The Kier molecular flexibility index (Phi) is 4.94. The zero-order valence-electron chi connectivity index (χ0n) is 15.0. The van der Waals surface area contributed by atoms with E-state index in [0.717, 1.165) is 51.8 Å². The highest BCUT2D eigenvalue weighted by Gasteiger charge is 2.22. The van der Waals surface area contributed by atoms with Gasteiger partial charge in [0.15, 0.2) is 0 Å². The molecule has 2 fully saturated rings. The first-order valence-corrected chi connectivity index (χ1v) is 9.24. The number of aromatic nitrogens is 4. The molecule has 2 saturated heterocycles. The van der Waals surface area contributed by atoms with Crippen molar-refractivity contribution in [1.82, 2.24) is 29.5 Å². The summed E-state index contributed by atoms with van der Waals surface area (Å²) in [5, 5.41) is 4.41. The molecule has 2 aliphatic rings. The van der Waals surface area contributed by atoms with Crippen LogP contribution in [0.25, 0.3) is 0 Å². The Morgan fingerprint density at radius 3 is 2.60 bits per heavy atom. The topological polar surface area (TPSA) is 53.3 Å². The first kappa shape index (κ1) is 16.5. The van der Waals surface area contributed by atoms with Crippen LogP contribution in [0.1, 0.15) is 24.4 Å². The van der Waals surface area contributed by atoms with Gasteiger partial charge in [-0.15, -0.1) is 0 Å². The number of hydrogen-bond donors (Lipinski definition) is 0. The largest absolute Gasteiger partial charge is 0.338 e. The van der Waals surface area contributed by atoms with E-state index >= 15 is 0 Å². The average Bonchev–Trinajstić information content (AvgIpc) is 3.18. The Balaban J connectivity index is 1.34. The highest BCUT2D eigenvalue weighted by atomic mass is 15.3. The zero-order chi connectivity index (χ0) is 17.1. The van der Waals surface area contributed by atoms with Crippen LogP contribution in [0, 0.1) is 0 Å². The van der Waals surface area contributed by atoms with Crippen molar-refractivity contribution in [3.05, 3.63) is 36.4 Å². The van der Waals surface area contributed by atoms with Gasteiger partial charge in [0.25, 0.3) is 0 Å². The van der Waals surface area contributed by atoms with Gasteiger partial charge in [0.1, 0.15) is 0 Å². The number of rotatable bonds is 4. The van der Waals surface area contributed by atoms with E-state index in [-0.39, 0.29) is 0 Å². The minimum Gasteiger partial charge on any atom is -0.338 e. The second kappa shape index (κ2) is 7.49. The molecule has 4 rings (SSSR count). The minimum absolute atomic E-state index is 0.481. The lowest BCUT2D eigenvalue weighted by molar-refractivity contribution is 0.163. The molecular weight excluding hydrogens is 314 g/mol. The second-order valence-electron chi connectivity index (χ2n) is 7.20. The molecule has 0 bridgehead atoms. The molecule has 2 aliphatic heterocycles. The first-order valence-electron chi connectivity index (χ1n) is 9.24. The predicted octanol–water partition coefficient (Wildman–Crippen LogP) is 1.26. The Labute approximate surface area is 149 Å². The fourth-order valence-corrected chi connectivity index (χ4v) is 3.74. The molecule has 0 aromatic carbocycles. The molecule has 1 unspecified atom stereocenters. The monoisotopic (exact) mass is 341 g/mol. The maximum Gasteiger partial charge on any atom is 0.225 e. The van der Waals surface area contributed by atoms with Crippen molar-refractivity contribution in [1.29, 1.82) is 0 Å². The van der Waals surface area contributed by atoms with Crippen molar-refractivity contribution < 1.29 is 0 Å². The summed E-state index contributed by atoms with van der Waals surface area (Å²) in [5.74, 6) is 0.866. The number of likely N-dealkylation sites (N-methyl/N-ethyl adjacent to an activating group) is 1. The van der Waals surface area contributed by atoms with Gasteiger partial charge in [0.2, 0.25) is 5.95 Å². The van der Waals surface area contributed by atoms with Crippen LogP contribution < -0.4 is 4.90 Å². The van der Waals surface area contributed by atoms with E-state index in [1.54, 1.807) is 0 Å². The molecule has 7 heteroatoms. The number of hydrogen-bond acceptors (Lipinski definition) is 6. The summed E-state index contributed by atoms with van der Waals surface area (Å²) >= 11 is 0. The van der Waals surface area contributed by atoms with Crippen LogP contribution in [-0.4, -0.2) is 75.9 Å². The number of piperidine rings is 1. The van der Waals surface area contributed by atoms with Crippen LogP contribution in [0.15, 0.2) is 30.9 Å².